The Labute approximate surface area is 198 Å². The summed E-state index contributed by atoms with van der Waals surface area (Å²) in [6.07, 6.45) is 0.807. The molecule has 0 unspecified atom stereocenters. The Balaban J connectivity index is 1.52. The minimum Gasteiger partial charge on any atom is -0.492 e. The number of ether oxygens (including phenoxy) is 2. The summed E-state index contributed by atoms with van der Waals surface area (Å²) in [5, 5.41) is 0.724. The third-order valence-corrected chi connectivity index (χ3v) is 6.80. The third-order valence-electron chi connectivity index (χ3n) is 4.61. The summed E-state index contributed by atoms with van der Waals surface area (Å²) in [5.74, 6) is 0.934. The molecular weight excluding hydrogens is 532 g/mol. The number of hydrogen-bond acceptors (Lipinski definition) is 3. The molecule has 0 fully saturated rings. The number of aryl methyl sites for hydroxylation is 1. The summed E-state index contributed by atoms with van der Waals surface area (Å²) in [6.45, 7) is 4.28. The van der Waals surface area contributed by atoms with Crippen molar-refractivity contribution < 1.29 is 14.3 Å². The van der Waals surface area contributed by atoms with E-state index in [-0.39, 0.29) is 12.4 Å². The van der Waals surface area contributed by atoms with Crippen LogP contribution in [0.5, 0.6) is 11.5 Å². The van der Waals surface area contributed by atoms with Crippen LogP contribution in [0.3, 0.4) is 0 Å². The molecule has 0 N–H and O–H groups in total. The Hall–Kier alpha value is -1.82. The summed E-state index contributed by atoms with van der Waals surface area (Å²) in [6, 6.07) is 17.6. The van der Waals surface area contributed by atoms with E-state index in [1.807, 2.05) is 62.4 Å². The van der Waals surface area contributed by atoms with E-state index in [0.29, 0.717) is 18.8 Å². The molecule has 0 saturated carbocycles. The molecule has 156 valence electrons. The van der Waals surface area contributed by atoms with Gasteiger partial charge in [0.05, 0.1) is 15.6 Å². The van der Waals surface area contributed by atoms with Crippen LogP contribution < -0.4 is 9.47 Å². The lowest BCUT2D eigenvalue weighted by molar-refractivity contribution is -0.134. The molecular formula is C24H21Br2ClO3. The number of halogens is 3. The normalized spacial score (nSPS) is 10.7. The second-order valence-electron chi connectivity index (χ2n) is 6.88. The van der Waals surface area contributed by atoms with Crippen molar-refractivity contribution in [2.24, 2.45) is 0 Å². The van der Waals surface area contributed by atoms with Crippen molar-refractivity contribution in [2.75, 3.05) is 6.61 Å². The largest absolute Gasteiger partial charge is 0.492 e. The number of carbonyl (C=O) groups excluding carboxylic acids is 1. The minimum absolute atomic E-state index is 0.260. The first kappa shape index (κ1) is 22.9. The highest BCUT2D eigenvalue weighted by atomic mass is 79.9. The first-order valence-electron chi connectivity index (χ1n) is 9.50. The summed E-state index contributed by atoms with van der Waals surface area (Å²) in [5.41, 5.74) is 4.05. The zero-order valence-electron chi connectivity index (χ0n) is 16.7. The average molecular weight is 553 g/mol. The average Bonchev–Trinajstić information content (AvgIpc) is 2.75. The highest BCUT2D eigenvalue weighted by molar-refractivity contribution is 9.11. The molecule has 30 heavy (non-hydrogen) atoms. The second kappa shape index (κ2) is 10.5. The lowest BCUT2D eigenvalue weighted by Crippen LogP contribution is -2.10. The van der Waals surface area contributed by atoms with Gasteiger partial charge in [-0.25, -0.2) is 0 Å². The monoisotopic (exact) mass is 550 g/mol. The highest BCUT2D eigenvalue weighted by Crippen LogP contribution is 2.36. The smallest absolute Gasteiger partial charge is 0.311 e. The van der Waals surface area contributed by atoms with Gasteiger partial charge < -0.3 is 9.47 Å². The lowest BCUT2D eigenvalue weighted by atomic mass is 10.1. The van der Waals surface area contributed by atoms with Crippen LogP contribution in [0.2, 0.25) is 5.02 Å². The number of rotatable bonds is 7. The van der Waals surface area contributed by atoms with Crippen LogP contribution in [-0.4, -0.2) is 12.6 Å². The maximum absolute atomic E-state index is 12.2. The molecule has 0 atom stereocenters. The molecule has 3 aromatic carbocycles. The van der Waals surface area contributed by atoms with Crippen LogP contribution >= 0.6 is 43.5 Å². The van der Waals surface area contributed by atoms with Crippen molar-refractivity contribution >= 4 is 49.4 Å². The molecule has 0 saturated heterocycles. The SMILES string of the molecule is Cc1cc(OCCCC(=O)Oc2ccc(-c3ccccc3)cc2Br)c(Br)c(C)c1Cl. The lowest BCUT2D eigenvalue weighted by Gasteiger charge is -2.13. The van der Waals surface area contributed by atoms with E-state index in [1.165, 1.54) is 0 Å². The van der Waals surface area contributed by atoms with Gasteiger partial charge in [-0.3, -0.25) is 4.79 Å². The third kappa shape index (κ3) is 5.65. The molecule has 3 nitrogen and oxygen atoms in total. The molecule has 0 aromatic heterocycles. The molecule has 0 aliphatic heterocycles. The quantitative estimate of drug-likeness (QED) is 0.170. The summed E-state index contributed by atoms with van der Waals surface area (Å²) in [7, 11) is 0. The minimum atomic E-state index is -0.297. The Morgan fingerprint density at radius 1 is 0.967 bits per heavy atom. The fraction of sp³-hybridized carbons (Fsp3) is 0.208. The molecule has 0 aliphatic carbocycles. The first-order chi connectivity index (χ1) is 14.4. The van der Waals surface area contributed by atoms with Crippen molar-refractivity contribution in [1.82, 2.24) is 0 Å². The molecule has 0 aliphatic rings. The molecule has 0 bridgehead atoms. The zero-order chi connectivity index (χ0) is 21.7. The van der Waals surface area contributed by atoms with Crippen molar-refractivity contribution in [3.8, 4) is 22.6 Å². The van der Waals surface area contributed by atoms with E-state index in [9.17, 15) is 4.79 Å². The predicted molar refractivity (Wildman–Crippen MR) is 129 cm³/mol. The van der Waals surface area contributed by atoms with Crippen LogP contribution in [-0.2, 0) is 4.79 Å². The molecule has 6 heteroatoms. The van der Waals surface area contributed by atoms with Crippen LogP contribution in [0, 0.1) is 13.8 Å². The van der Waals surface area contributed by atoms with Gasteiger partial charge in [0, 0.05) is 11.4 Å². The standard InChI is InChI=1S/C24H21Br2ClO3/c1-15-13-21(23(26)16(2)24(15)27)29-12-6-9-22(28)30-20-11-10-18(14-19(20)25)17-7-4-3-5-8-17/h3-5,7-8,10-11,13-14H,6,9,12H2,1-2H3. The summed E-state index contributed by atoms with van der Waals surface area (Å²) < 4.78 is 12.9. The van der Waals surface area contributed by atoms with Gasteiger partial charge in [-0.2, -0.15) is 0 Å². The van der Waals surface area contributed by atoms with E-state index in [0.717, 1.165) is 42.0 Å². The summed E-state index contributed by atoms with van der Waals surface area (Å²) >= 11 is 13.3. The Bertz CT molecular complexity index is 1050. The van der Waals surface area contributed by atoms with Crippen molar-refractivity contribution in [1.29, 1.82) is 0 Å². The molecule has 3 aromatic rings. The van der Waals surface area contributed by atoms with Crippen LogP contribution in [0.1, 0.15) is 24.0 Å². The van der Waals surface area contributed by atoms with Gasteiger partial charge in [0.25, 0.3) is 0 Å². The molecule has 0 heterocycles. The van der Waals surface area contributed by atoms with E-state index < -0.39 is 0 Å². The van der Waals surface area contributed by atoms with Gasteiger partial charge in [-0.05, 0) is 92.6 Å². The van der Waals surface area contributed by atoms with E-state index >= 15 is 0 Å². The maximum atomic E-state index is 12.2. The van der Waals surface area contributed by atoms with Gasteiger partial charge >= 0.3 is 5.97 Å². The fourth-order valence-electron chi connectivity index (χ4n) is 2.97. The molecule has 0 amide bonds. The number of esters is 1. The zero-order valence-corrected chi connectivity index (χ0v) is 20.6. The van der Waals surface area contributed by atoms with Crippen molar-refractivity contribution in [3.63, 3.8) is 0 Å². The Kier molecular flexibility index (Phi) is 7.98. The van der Waals surface area contributed by atoms with Crippen LogP contribution in [0.25, 0.3) is 11.1 Å². The Morgan fingerprint density at radius 2 is 1.70 bits per heavy atom. The number of carbonyl (C=O) groups is 1. The molecule has 3 rings (SSSR count). The van der Waals surface area contributed by atoms with Crippen LogP contribution in [0.15, 0.2) is 63.5 Å². The summed E-state index contributed by atoms with van der Waals surface area (Å²) in [4.78, 5) is 12.2. The van der Waals surface area contributed by atoms with Gasteiger partial charge in [0.1, 0.15) is 11.5 Å². The Morgan fingerprint density at radius 3 is 2.40 bits per heavy atom. The maximum Gasteiger partial charge on any atom is 0.311 e. The topological polar surface area (TPSA) is 35.5 Å². The number of hydrogen-bond donors (Lipinski definition) is 0. The number of benzene rings is 3. The van der Waals surface area contributed by atoms with Gasteiger partial charge in [-0.1, -0.05) is 48.0 Å². The first-order valence-corrected chi connectivity index (χ1v) is 11.5. The van der Waals surface area contributed by atoms with Gasteiger partial charge in [0.15, 0.2) is 0 Å². The highest BCUT2D eigenvalue weighted by Gasteiger charge is 2.12. The van der Waals surface area contributed by atoms with Gasteiger partial charge in [0.2, 0.25) is 0 Å². The second-order valence-corrected chi connectivity index (χ2v) is 8.91. The van der Waals surface area contributed by atoms with E-state index in [2.05, 4.69) is 31.9 Å². The molecule has 0 radical (unpaired) electrons. The van der Waals surface area contributed by atoms with E-state index in [1.54, 1.807) is 6.07 Å². The van der Waals surface area contributed by atoms with Crippen LogP contribution in [0.4, 0.5) is 0 Å². The molecule has 0 spiro atoms. The fourth-order valence-corrected chi connectivity index (χ4v) is 4.12. The predicted octanol–water partition coefficient (Wildman–Crippen LogP) is 7.91. The van der Waals surface area contributed by atoms with E-state index in [4.69, 9.17) is 21.1 Å². The van der Waals surface area contributed by atoms with Crippen molar-refractivity contribution in [2.45, 2.75) is 26.7 Å². The van der Waals surface area contributed by atoms with Crippen molar-refractivity contribution in [3.05, 3.63) is 79.7 Å². The van der Waals surface area contributed by atoms with Gasteiger partial charge in [-0.15, -0.1) is 0 Å².